The Morgan fingerprint density at radius 3 is 2.52 bits per heavy atom. The highest BCUT2D eigenvalue weighted by molar-refractivity contribution is 7.13. The van der Waals surface area contributed by atoms with Gasteiger partial charge >= 0.3 is 0 Å². The number of carbonyl (C=O) groups excluding carboxylic acids is 2. The molecule has 0 spiro atoms. The van der Waals surface area contributed by atoms with Gasteiger partial charge < -0.3 is 10.2 Å². The molecule has 1 N–H and O–H groups in total. The van der Waals surface area contributed by atoms with E-state index in [0.717, 1.165) is 36.3 Å². The first-order chi connectivity index (χ1) is 13.9. The van der Waals surface area contributed by atoms with Crippen LogP contribution in [0, 0.1) is 19.8 Å². The maximum atomic E-state index is 12.7. The minimum absolute atomic E-state index is 0.0968. The molecule has 0 aliphatic carbocycles. The zero-order chi connectivity index (χ0) is 21.0. The third-order valence-corrected chi connectivity index (χ3v) is 6.70. The van der Waals surface area contributed by atoms with Gasteiger partial charge in [-0.2, -0.15) is 0 Å². The van der Waals surface area contributed by atoms with E-state index in [-0.39, 0.29) is 23.8 Å². The van der Waals surface area contributed by atoms with Crippen LogP contribution in [-0.4, -0.2) is 40.8 Å². The number of piperidine rings is 1. The number of carbonyl (C=O) groups is 2. The van der Waals surface area contributed by atoms with Gasteiger partial charge in [0.15, 0.2) is 0 Å². The van der Waals surface area contributed by atoms with Crippen LogP contribution in [0.2, 0.25) is 0 Å². The fourth-order valence-electron chi connectivity index (χ4n) is 3.95. The van der Waals surface area contributed by atoms with Crippen molar-refractivity contribution >= 4 is 23.2 Å². The Kier molecular flexibility index (Phi) is 7.06. The van der Waals surface area contributed by atoms with E-state index in [0.29, 0.717) is 18.8 Å². The van der Waals surface area contributed by atoms with Crippen molar-refractivity contribution in [1.82, 2.24) is 15.2 Å². The molecule has 29 heavy (non-hydrogen) atoms. The topological polar surface area (TPSA) is 62.3 Å². The van der Waals surface area contributed by atoms with Gasteiger partial charge in [0.05, 0.1) is 0 Å². The molecule has 1 aromatic carbocycles. The number of likely N-dealkylation sites (tertiary alicyclic amines) is 1. The summed E-state index contributed by atoms with van der Waals surface area (Å²) in [6, 6.07) is 6.37. The number of benzene rings is 1. The minimum atomic E-state index is -0.123. The zero-order valence-corrected chi connectivity index (χ0v) is 18.6. The number of hydrogen-bond acceptors (Lipinski definition) is 4. The third kappa shape index (κ3) is 5.04. The molecule has 0 unspecified atom stereocenters. The van der Waals surface area contributed by atoms with E-state index >= 15 is 0 Å². The first-order valence-corrected chi connectivity index (χ1v) is 11.4. The fraction of sp³-hybridized carbons (Fsp3) is 0.522. The summed E-state index contributed by atoms with van der Waals surface area (Å²) in [6.45, 7) is 9.70. The van der Waals surface area contributed by atoms with Crippen molar-refractivity contribution in [2.75, 3.05) is 13.1 Å². The molecule has 1 saturated heterocycles. The van der Waals surface area contributed by atoms with E-state index in [1.54, 1.807) is 0 Å². The van der Waals surface area contributed by atoms with E-state index in [1.807, 2.05) is 10.3 Å². The Labute approximate surface area is 177 Å². The van der Waals surface area contributed by atoms with E-state index < -0.39 is 0 Å². The van der Waals surface area contributed by atoms with E-state index in [9.17, 15) is 9.59 Å². The second-order valence-electron chi connectivity index (χ2n) is 7.94. The molecular formula is C23H31N3O2S. The van der Waals surface area contributed by atoms with Crippen LogP contribution in [0.1, 0.15) is 61.1 Å². The van der Waals surface area contributed by atoms with E-state index in [1.165, 1.54) is 22.5 Å². The van der Waals surface area contributed by atoms with Crippen LogP contribution in [0.25, 0.3) is 10.6 Å². The van der Waals surface area contributed by atoms with Gasteiger partial charge in [0.25, 0.3) is 5.91 Å². The number of aryl methyl sites for hydroxylation is 2. The van der Waals surface area contributed by atoms with Gasteiger partial charge in [0.1, 0.15) is 10.7 Å². The second kappa shape index (κ2) is 9.53. The molecule has 3 rings (SSSR count). The number of nitrogens with one attached hydrogen (secondary N) is 1. The van der Waals surface area contributed by atoms with Crippen LogP contribution in [0.3, 0.4) is 0 Å². The number of aromatic nitrogens is 1. The van der Waals surface area contributed by atoms with Gasteiger partial charge in [-0.25, -0.2) is 4.98 Å². The van der Waals surface area contributed by atoms with E-state index in [2.05, 4.69) is 56.2 Å². The molecule has 0 radical (unpaired) electrons. The average molecular weight is 414 g/mol. The molecule has 5 nitrogen and oxygen atoms in total. The van der Waals surface area contributed by atoms with Gasteiger partial charge in [-0.15, -0.1) is 11.3 Å². The molecule has 0 saturated carbocycles. The summed E-state index contributed by atoms with van der Waals surface area (Å²) in [4.78, 5) is 31.7. The van der Waals surface area contributed by atoms with Crippen molar-refractivity contribution in [3.8, 4) is 10.6 Å². The highest BCUT2D eigenvalue weighted by Gasteiger charge is 2.27. The van der Waals surface area contributed by atoms with Crippen LogP contribution < -0.4 is 5.32 Å². The summed E-state index contributed by atoms with van der Waals surface area (Å²) in [5.41, 5.74) is 3.93. The quantitative estimate of drug-likeness (QED) is 0.754. The van der Waals surface area contributed by atoms with Crippen molar-refractivity contribution in [3.63, 3.8) is 0 Å². The van der Waals surface area contributed by atoms with Crippen LogP contribution in [0.5, 0.6) is 0 Å². The Morgan fingerprint density at radius 2 is 1.90 bits per heavy atom. The maximum absolute atomic E-state index is 12.7. The van der Waals surface area contributed by atoms with Crippen LogP contribution in [-0.2, 0) is 4.79 Å². The number of amides is 2. The van der Waals surface area contributed by atoms with Crippen LogP contribution >= 0.6 is 11.3 Å². The molecule has 1 aliphatic rings. The summed E-state index contributed by atoms with van der Waals surface area (Å²) < 4.78 is 0. The zero-order valence-electron chi connectivity index (χ0n) is 17.8. The highest BCUT2D eigenvalue weighted by atomic mass is 32.1. The largest absolute Gasteiger partial charge is 0.348 e. The molecule has 1 aromatic heterocycles. The molecule has 1 fully saturated rings. The molecule has 156 valence electrons. The SMILES string of the molecule is CCC(CC)C(=O)N1CCC(NC(=O)c2csc(-c3ccc(C)cc3C)n2)CC1. The first-order valence-electron chi connectivity index (χ1n) is 10.6. The summed E-state index contributed by atoms with van der Waals surface area (Å²) >= 11 is 1.50. The van der Waals surface area contributed by atoms with Gasteiger partial charge in [0, 0.05) is 36.0 Å². The monoisotopic (exact) mass is 413 g/mol. The standard InChI is InChI=1S/C23H31N3O2S/c1-5-17(6-2)23(28)26-11-9-18(10-12-26)24-21(27)20-14-29-22(25-20)19-8-7-15(3)13-16(19)4/h7-8,13-14,17-18H,5-6,9-12H2,1-4H3,(H,24,27). The number of rotatable bonds is 6. The van der Waals surface area contributed by atoms with Crippen molar-refractivity contribution < 1.29 is 9.59 Å². The Morgan fingerprint density at radius 1 is 1.21 bits per heavy atom. The Bertz CT molecular complexity index is 865. The highest BCUT2D eigenvalue weighted by Crippen LogP contribution is 2.27. The molecule has 2 aromatic rings. The predicted octanol–water partition coefficient (Wildman–Crippen LogP) is 4.58. The summed E-state index contributed by atoms with van der Waals surface area (Å²) in [5.74, 6) is 0.263. The van der Waals surface area contributed by atoms with Gasteiger partial charge in [-0.1, -0.05) is 37.6 Å². The predicted molar refractivity (Wildman–Crippen MR) is 118 cm³/mol. The second-order valence-corrected chi connectivity index (χ2v) is 8.80. The third-order valence-electron chi connectivity index (χ3n) is 5.83. The Balaban J connectivity index is 1.57. The summed E-state index contributed by atoms with van der Waals surface area (Å²) in [6.07, 6.45) is 3.37. The maximum Gasteiger partial charge on any atom is 0.270 e. The Hall–Kier alpha value is -2.21. The lowest BCUT2D eigenvalue weighted by Gasteiger charge is -2.34. The first kappa shape index (κ1) is 21.5. The van der Waals surface area contributed by atoms with E-state index in [4.69, 9.17) is 0 Å². The molecule has 0 bridgehead atoms. The number of thiazole rings is 1. The molecule has 2 amide bonds. The molecule has 0 atom stereocenters. The molecule has 2 heterocycles. The van der Waals surface area contributed by atoms with Gasteiger partial charge in [0.2, 0.25) is 5.91 Å². The molecule has 6 heteroatoms. The summed E-state index contributed by atoms with van der Waals surface area (Å²) in [7, 11) is 0. The van der Waals surface area contributed by atoms with Crippen molar-refractivity contribution in [2.45, 2.75) is 59.4 Å². The van der Waals surface area contributed by atoms with Gasteiger partial charge in [-0.05, 0) is 45.1 Å². The average Bonchev–Trinajstić information content (AvgIpc) is 3.19. The van der Waals surface area contributed by atoms with Gasteiger partial charge in [-0.3, -0.25) is 9.59 Å². The molecular weight excluding hydrogens is 382 g/mol. The minimum Gasteiger partial charge on any atom is -0.348 e. The lowest BCUT2D eigenvalue weighted by atomic mass is 9.98. The lowest BCUT2D eigenvalue weighted by Crippen LogP contribution is -2.48. The fourth-order valence-corrected chi connectivity index (χ4v) is 4.85. The van der Waals surface area contributed by atoms with Crippen LogP contribution in [0.15, 0.2) is 23.6 Å². The van der Waals surface area contributed by atoms with Crippen molar-refractivity contribution in [3.05, 3.63) is 40.4 Å². The summed E-state index contributed by atoms with van der Waals surface area (Å²) in [5, 5.41) is 5.81. The molecule has 1 aliphatic heterocycles. The normalized spacial score (nSPS) is 15.0. The smallest absolute Gasteiger partial charge is 0.270 e. The van der Waals surface area contributed by atoms with Crippen LogP contribution in [0.4, 0.5) is 0 Å². The van der Waals surface area contributed by atoms with Crippen molar-refractivity contribution in [1.29, 1.82) is 0 Å². The number of nitrogens with zero attached hydrogens (tertiary/aromatic N) is 2. The van der Waals surface area contributed by atoms with Crippen molar-refractivity contribution in [2.24, 2.45) is 5.92 Å². The number of hydrogen-bond donors (Lipinski definition) is 1. The lowest BCUT2D eigenvalue weighted by molar-refractivity contribution is -0.136.